The monoisotopic (exact) mass is 289 g/mol. The van der Waals surface area contributed by atoms with Crippen molar-refractivity contribution in [1.29, 1.82) is 0 Å². The predicted octanol–water partition coefficient (Wildman–Crippen LogP) is 3.58. The molecule has 0 bridgehead atoms. The van der Waals surface area contributed by atoms with E-state index in [0.717, 1.165) is 22.3 Å². The third-order valence-corrected chi connectivity index (χ3v) is 3.70. The van der Waals surface area contributed by atoms with E-state index in [4.69, 9.17) is 4.42 Å². The minimum absolute atomic E-state index is 0.344. The summed E-state index contributed by atoms with van der Waals surface area (Å²) < 4.78 is 5.71. The molecule has 4 nitrogen and oxygen atoms in total. The summed E-state index contributed by atoms with van der Waals surface area (Å²) in [6.07, 6.45) is 0.688. The Morgan fingerprint density at radius 1 is 1.33 bits per heavy atom. The van der Waals surface area contributed by atoms with Crippen molar-refractivity contribution >= 4 is 16.9 Å². The first-order valence-electron chi connectivity index (χ1n) is 7.39. The second-order valence-corrected chi connectivity index (χ2v) is 5.93. The standard InChI is InChI=1S/C17H23NO3/c1-11(2)8-13(17(19)20)9-18-10-15-12(3)21-16-7-5-4-6-14(15)16/h4-7,11,13,18H,8-10H2,1-3H3,(H,19,20). The van der Waals surface area contributed by atoms with E-state index in [-0.39, 0.29) is 5.92 Å². The SMILES string of the molecule is Cc1oc2ccccc2c1CNCC(CC(C)C)C(=O)O. The fourth-order valence-corrected chi connectivity index (χ4v) is 2.65. The molecule has 0 fully saturated rings. The maximum Gasteiger partial charge on any atom is 0.307 e. The molecule has 0 saturated carbocycles. The first-order chi connectivity index (χ1) is 9.99. The quantitative estimate of drug-likeness (QED) is 0.818. The number of carboxylic acid groups (broad SMARTS) is 1. The molecule has 2 N–H and O–H groups in total. The zero-order valence-corrected chi connectivity index (χ0v) is 12.8. The first-order valence-corrected chi connectivity index (χ1v) is 7.39. The van der Waals surface area contributed by atoms with E-state index in [2.05, 4.69) is 5.32 Å². The van der Waals surface area contributed by atoms with Crippen LogP contribution in [-0.4, -0.2) is 17.6 Å². The van der Waals surface area contributed by atoms with Crippen molar-refractivity contribution in [2.24, 2.45) is 11.8 Å². The minimum atomic E-state index is -0.732. The Bertz CT molecular complexity index is 616. The van der Waals surface area contributed by atoms with Gasteiger partial charge >= 0.3 is 5.97 Å². The maximum atomic E-state index is 11.2. The molecule has 0 amide bonds. The first kappa shape index (κ1) is 15.6. The summed E-state index contributed by atoms with van der Waals surface area (Å²) >= 11 is 0. The van der Waals surface area contributed by atoms with Gasteiger partial charge in [0.1, 0.15) is 11.3 Å². The fourth-order valence-electron chi connectivity index (χ4n) is 2.65. The number of hydrogen-bond acceptors (Lipinski definition) is 3. The van der Waals surface area contributed by atoms with Gasteiger partial charge in [-0.3, -0.25) is 4.79 Å². The van der Waals surface area contributed by atoms with E-state index >= 15 is 0 Å². The van der Waals surface area contributed by atoms with Crippen LogP contribution in [0.15, 0.2) is 28.7 Å². The number of benzene rings is 1. The molecule has 1 aromatic heterocycles. The molecule has 0 aliphatic heterocycles. The zero-order valence-electron chi connectivity index (χ0n) is 12.8. The fraction of sp³-hybridized carbons (Fsp3) is 0.471. The van der Waals surface area contributed by atoms with Gasteiger partial charge in [-0.05, 0) is 25.3 Å². The summed E-state index contributed by atoms with van der Waals surface area (Å²) in [5, 5.41) is 13.6. The van der Waals surface area contributed by atoms with Gasteiger partial charge in [0.25, 0.3) is 0 Å². The lowest BCUT2D eigenvalue weighted by atomic mass is 9.97. The van der Waals surface area contributed by atoms with Crippen molar-refractivity contribution in [3.63, 3.8) is 0 Å². The van der Waals surface area contributed by atoms with Crippen LogP contribution in [0.5, 0.6) is 0 Å². The summed E-state index contributed by atoms with van der Waals surface area (Å²) in [5.74, 6) is 0.192. The van der Waals surface area contributed by atoms with Crippen molar-refractivity contribution in [3.05, 3.63) is 35.6 Å². The highest BCUT2D eigenvalue weighted by atomic mass is 16.4. The Kier molecular flexibility index (Phi) is 5.02. The molecule has 1 unspecified atom stereocenters. The summed E-state index contributed by atoms with van der Waals surface area (Å²) in [6.45, 7) is 7.14. The second kappa shape index (κ2) is 6.76. The lowest BCUT2D eigenvalue weighted by molar-refractivity contribution is -0.142. The third kappa shape index (κ3) is 3.85. The van der Waals surface area contributed by atoms with Crippen molar-refractivity contribution in [2.75, 3.05) is 6.54 Å². The molecular formula is C17H23NO3. The third-order valence-electron chi connectivity index (χ3n) is 3.70. The Labute approximate surface area is 125 Å². The van der Waals surface area contributed by atoms with Crippen LogP contribution in [0.1, 0.15) is 31.6 Å². The average molecular weight is 289 g/mol. The van der Waals surface area contributed by atoms with Gasteiger partial charge in [0.15, 0.2) is 0 Å². The molecule has 0 saturated heterocycles. The largest absolute Gasteiger partial charge is 0.481 e. The number of rotatable bonds is 7. The van der Waals surface area contributed by atoms with Crippen LogP contribution >= 0.6 is 0 Å². The number of aryl methyl sites for hydroxylation is 1. The highest BCUT2D eigenvalue weighted by molar-refractivity contribution is 5.82. The predicted molar refractivity (Wildman–Crippen MR) is 83.2 cm³/mol. The molecular weight excluding hydrogens is 266 g/mol. The molecule has 0 radical (unpaired) electrons. The molecule has 0 aliphatic carbocycles. The smallest absolute Gasteiger partial charge is 0.307 e. The lowest BCUT2D eigenvalue weighted by Crippen LogP contribution is -2.29. The van der Waals surface area contributed by atoms with Gasteiger partial charge in [0.05, 0.1) is 5.92 Å². The van der Waals surface area contributed by atoms with E-state index in [9.17, 15) is 9.90 Å². The van der Waals surface area contributed by atoms with Crippen LogP contribution in [-0.2, 0) is 11.3 Å². The molecule has 114 valence electrons. The molecule has 2 rings (SSSR count). The van der Waals surface area contributed by atoms with Crippen LogP contribution in [0.4, 0.5) is 0 Å². The average Bonchev–Trinajstić information content (AvgIpc) is 2.73. The van der Waals surface area contributed by atoms with Crippen LogP contribution < -0.4 is 5.32 Å². The topological polar surface area (TPSA) is 62.5 Å². The molecule has 1 atom stereocenters. The van der Waals surface area contributed by atoms with Crippen LogP contribution in [0.3, 0.4) is 0 Å². The molecule has 21 heavy (non-hydrogen) atoms. The van der Waals surface area contributed by atoms with Gasteiger partial charge in [0.2, 0.25) is 0 Å². The van der Waals surface area contributed by atoms with Gasteiger partial charge < -0.3 is 14.8 Å². The number of carboxylic acids is 1. The number of hydrogen-bond donors (Lipinski definition) is 2. The Hall–Kier alpha value is -1.81. The molecule has 2 aromatic rings. The highest BCUT2D eigenvalue weighted by Crippen LogP contribution is 2.25. The second-order valence-electron chi connectivity index (χ2n) is 5.93. The van der Waals surface area contributed by atoms with Crippen LogP contribution in [0.25, 0.3) is 11.0 Å². The number of para-hydroxylation sites is 1. The van der Waals surface area contributed by atoms with Gasteiger partial charge in [-0.25, -0.2) is 0 Å². The number of nitrogens with one attached hydrogen (secondary N) is 1. The molecule has 1 heterocycles. The van der Waals surface area contributed by atoms with Gasteiger partial charge in [-0.15, -0.1) is 0 Å². The van der Waals surface area contributed by atoms with E-state index in [0.29, 0.717) is 25.4 Å². The Morgan fingerprint density at radius 3 is 2.71 bits per heavy atom. The summed E-state index contributed by atoms with van der Waals surface area (Å²) in [5.41, 5.74) is 1.99. The minimum Gasteiger partial charge on any atom is -0.481 e. The summed E-state index contributed by atoms with van der Waals surface area (Å²) in [6, 6.07) is 7.92. The summed E-state index contributed by atoms with van der Waals surface area (Å²) in [4.78, 5) is 11.2. The van der Waals surface area contributed by atoms with E-state index < -0.39 is 5.97 Å². The number of carbonyl (C=O) groups is 1. The highest BCUT2D eigenvalue weighted by Gasteiger charge is 2.19. The Morgan fingerprint density at radius 2 is 2.05 bits per heavy atom. The van der Waals surface area contributed by atoms with E-state index in [1.807, 2.05) is 45.0 Å². The summed E-state index contributed by atoms with van der Waals surface area (Å²) in [7, 11) is 0. The van der Waals surface area contributed by atoms with Crippen LogP contribution in [0.2, 0.25) is 0 Å². The van der Waals surface area contributed by atoms with Crippen molar-refractivity contribution in [2.45, 2.75) is 33.7 Å². The van der Waals surface area contributed by atoms with E-state index in [1.54, 1.807) is 0 Å². The molecule has 0 aliphatic rings. The van der Waals surface area contributed by atoms with E-state index in [1.165, 1.54) is 0 Å². The van der Waals surface area contributed by atoms with Crippen LogP contribution in [0, 0.1) is 18.8 Å². The Balaban J connectivity index is 2.01. The van der Waals surface area contributed by atoms with Gasteiger partial charge in [0, 0.05) is 24.0 Å². The van der Waals surface area contributed by atoms with Crippen molar-refractivity contribution in [3.8, 4) is 0 Å². The van der Waals surface area contributed by atoms with Gasteiger partial charge in [-0.2, -0.15) is 0 Å². The maximum absolute atomic E-state index is 11.2. The number of furan rings is 1. The molecule has 4 heteroatoms. The molecule has 1 aromatic carbocycles. The lowest BCUT2D eigenvalue weighted by Gasteiger charge is -2.15. The van der Waals surface area contributed by atoms with Gasteiger partial charge in [-0.1, -0.05) is 32.0 Å². The number of fused-ring (bicyclic) bond motifs is 1. The van der Waals surface area contributed by atoms with Crippen molar-refractivity contribution in [1.82, 2.24) is 5.32 Å². The normalized spacial score (nSPS) is 13.0. The van der Waals surface area contributed by atoms with Crippen molar-refractivity contribution < 1.29 is 14.3 Å². The molecule has 0 spiro atoms. The zero-order chi connectivity index (χ0) is 15.4. The number of aliphatic carboxylic acids is 1.